The first kappa shape index (κ1) is 23.4. The van der Waals surface area contributed by atoms with Crippen LogP contribution in [0.1, 0.15) is 48.9 Å². The first-order chi connectivity index (χ1) is 15.8. The minimum atomic E-state index is -4.77. The van der Waals surface area contributed by atoms with Gasteiger partial charge in [0.1, 0.15) is 5.75 Å². The fourth-order valence-electron chi connectivity index (χ4n) is 3.97. The third-order valence-electron chi connectivity index (χ3n) is 6.06. The van der Waals surface area contributed by atoms with Crippen molar-refractivity contribution in [2.45, 2.75) is 51.0 Å². The molecule has 1 aromatic carbocycles. The maximum atomic E-state index is 12.8. The lowest BCUT2D eigenvalue weighted by Gasteiger charge is -2.27. The number of hydrogen-bond donors (Lipinski definition) is 2. The van der Waals surface area contributed by atoms with E-state index in [1.54, 1.807) is 6.07 Å². The highest BCUT2D eigenvalue weighted by Crippen LogP contribution is 2.34. The second kappa shape index (κ2) is 9.99. The minimum Gasteiger partial charge on any atom is -0.477 e. The van der Waals surface area contributed by atoms with Crippen LogP contribution in [0.4, 0.5) is 13.2 Å². The lowest BCUT2D eigenvalue weighted by molar-refractivity contribution is -0.274. The molecule has 2 saturated carbocycles. The van der Waals surface area contributed by atoms with Crippen LogP contribution in [0.5, 0.6) is 11.6 Å². The molecule has 0 radical (unpaired) electrons. The van der Waals surface area contributed by atoms with Gasteiger partial charge < -0.3 is 19.9 Å². The van der Waals surface area contributed by atoms with Crippen LogP contribution in [0.3, 0.4) is 0 Å². The number of amides is 1. The van der Waals surface area contributed by atoms with E-state index in [0.29, 0.717) is 41.6 Å². The fourth-order valence-corrected chi connectivity index (χ4v) is 3.97. The monoisotopic (exact) mass is 464 g/mol. The second-order valence-electron chi connectivity index (χ2n) is 8.73. The van der Waals surface area contributed by atoms with Crippen molar-refractivity contribution < 1.29 is 32.5 Å². The summed E-state index contributed by atoms with van der Waals surface area (Å²) in [5, 5.41) is 13.0. The van der Waals surface area contributed by atoms with Crippen LogP contribution >= 0.6 is 0 Å². The van der Waals surface area contributed by atoms with Crippen LogP contribution in [0.25, 0.3) is 11.1 Å². The molecule has 178 valence electrons. The van der Waals surface area contributed by atoms with Crippen molar-refractivity contribution in [3.8, 4) is 22.8 Å². The Labute approximate surface area is 190 Å². The number of pyridine rings is 1. The summed E-state index contributed by atoms with van der Waals surface area (Å²) in [6.07, 6.45) is 2.06. The molecule has 2 aliphatic rings. The van der Waals surface area contributed by atoms with Crippen molar-refractivity contribution in [1.29, 1.82) is 0 Å². The number of aliphatic hydroxyl groups is 1. The van der Waals surface area contributed by atoms with Gasteiger partial charge in [-0.05, 0) is 55.4 Å². The number of nitrogens with zero attached hydrogens (tertiary/aromatic N) is 1. The summed E-state index contributed by atoms with van der Waals surface area (Å²) < 4.78 is 47.2. The first-order valence-electron chi connectivity index (χ1n) is 11.2. The van der Waals surface area contributed by atoms with E-state index < -0.39 is 12.5 Å². The van der Waals surface area contributed by atoms with Crippen LogP contribution in [0, 0.1) is 11.8 Å². The summed E-state index contributed by atoms with van der Waals surface area (Å²) >= 11 is 0. The van der Waals surface area contributed by atoms with Crippen molar-refractivity contribution in [3.05, 3.63) is 42.1 Å². The van der Waals surface area contributed by atoms with E-state index in [9.17, 15) is 23.1 Å². The Morgan fingerprint density at radius 1 is 1.12 bits per heavy atom. The average molecular weight is 464 g/mol. The summed E-state index contributed by atoms with van der Waals surface area (Å²) in [6.45, 7) is 0.874. The van der Waals surface area contributed by atoms with Crippen LogP contribution in [0.15, 0.2) is 36.5 Å². The van der Waals surface area contributed by atoms with Crippen LogP contribution in [0.2, 0.25) is 0 Å². The minimum absolute atomic E-state index is 0.0254. The molecule has 2 atom stereocenters. The summed E-state index contributed by atoms with van der Waals surface area (Å²) in [6, 6.07) is 7.00. The number of carbonyl (C=O) groups excluding carboxylic acids is 1. The van der Waals surface area contributed by atoms with E-state index in [4.69, 9.17) is 4.74 Å². The predicted molar refractivity (Wildman–Crippen MR) is 115 cm³/mol. The number of benzene rings is 1. The lowest BCUT2D eigenvalue weighted by atomic mass is 9.86. The van der Waals surface area contributed by atoms with Crippen LogP contribution < -0.4 is 14.8 Å². The lowest BCUT2D eigenvalue weighted by Crippen LogP contribution is -2.36. The molecule has 6 nitrogen and oxygen atoms in total. The Hall–Kier alpha value is -2.81. The maximum absolute atomic E-state index is 12.8. The van der Waals surface area contributed by atoms with E-state index in [-0.39, 0.29) is 17.6 Å². The van der Waals surface area contributed by atoms with Gasteiger partial charge in [0.05, 0.1) is 18.3 Å². The van der Waals surface area contributed by atoms with Gasteiger partial charge in [0.25, 0.3) is 5.91 Å². The van der Waals surface area contributed by atoms with E-state index in [2.05, 4.69) is 15.0 Å². The predicted octanol–water partition coefficient (Wildman–Crippen LogP) is 4.72. The molecule has 33 heavy (non-hydrogen) atoms. The van der Waals surface area contributed by atoms with Gasteiger partial charge in [0.15, 0.2) is 0 Å². The van der Waals surface area contributed by atoms with Gasteiger partial charge in [0.2, 0.25) is 5.88 Å². The number of hydrogen-bond acceptors (Lipinski definition) is 5. The van der Waals surface area contributed by atoms with Crippen molar-refractivity contribution in [2.75, 3.05) is 13.2 Å². The molecule has 9 heteroatoms. The standard InChI is InChI=1S/C24H27F3N2O4/c25-24(26,27)33-19-9-7-16(8-10-19)20-11-18(13-29-23(20)32-14-15-5-6-15)22(31)28-12-17-3-1-2-4-21(17)30/h7-11,13,15,17,21,30H,1-6,12,14H2,(H,28,31). The van der Waals surface area contributed by atoms with E-state index in [0.717, 1.165) is 38.5 Å². The Balaban J connectivity index is 1.51. The van der Waals surface area contributed by atoms with Crippen molar-refractivity contribution >= 4 is 5.91 Å². The summed E-state index contributed by atoms with van der Waals surface area (Å²) in [5.41, 5.74) is 1.38. The number of rotatable bonds is 8. The fraction of sp³-hybridized carbons (Fsp3) is 0.500. The molecule has 2 N–H and O–H groups in total. The third kappa shape index (κ3) is 6.60. The molecule has 0 bridgehead atoms. The molecule has 2 aliphatic carbocycles. The zero-order chi connectivity index (χ0) is 23.4. The molecule has 1 heterocycles. The van der Waals surface area contributed by atoms with Gasteiger partial charge in [-0.25, -0.2) is 4.98 Å². The molecule has 2 aromatic rings. The zero-order valence-electron chi connectivity index (χ0n) is 18.1. The molecule has 0 saturated heterocycles. The third-order valence-corrected chi connectivity index (χ3v) is 6.06. The highest BCUT2D eigenvalue weighted by atomic mass is 19.4. The normalized spacial score (nSPS) is 20.8. The van der Waals surface area contributed by atoms with Crippen LogP contribution in [-0.2, 0) is 0 Å². The van der Waals surface area contributed by atoms with E-state index in [1.807, 2.05) is 0 Å². The molecule has 1 amide bonds. The molecule has 2 unspecified atom stereocenters. The molecule has 4 rings (SSSR count). The molecule has 0 aliphatic heterocycles. The smallest absolute Gasteiger partial charge is 0.477 e. The van der Waals surface area contributed by atoms with Gasteiger partial charge in [0, 0.05) is 24.2 Å². The number of nitrogens with one attached hydrogen (secondary N) is 1. The Morgan fingerprint density at radius 2 is 1.85 bits per heavy atom. The highest BCUT2D eigenvalue weighted by Gasteiger charge is 2.31. The number of carbonyl (C=O) groups is 1. The molecular weight excluding hydrogens is 437 g/mol. The van der Waals surface area contributed by atoms with Crippen molar-refractivity contribution in [3.63, 3.8) is 0 Å². The molecular formula is C24H27F3N2O4. The van der Waals surface area contributed by atoms with Crippen molar-refractivity contribution in [2.24, 2.45) is 11.8 Å². The highest BCUT2D eigenvalue weighted by molar-refractivity contribution is 5.95. The topological polar surface area (TPSA) is 80.7 Å². The van der Waals surface area contributed by atoms with E-state index >= 15 is 0 Å². The van der Waals surface area contributed by atoms with Crippen molar-refractivity contribution in [1.82, 2.24) is 10.3 Å². The second-order valence-corrected chi connectivity index (χ2v) is 8.73. The van der Waals surface area contributed by atoms with E-state index in [1.165, 1.54) is 30.5 Å². The number of halogens is 3. The Morgan fingerprint density at radius 3 is 2.52 bits per heavy atom. The van der Waals surface area contributed by atoms with Gasteiger partial charge in [-0.15, -0.1) is 13.2 Å². The van der Waals surface area contributed by atoms with Gasteiger partial charge in [-0.2, -0.15) is 0 Å². The van der Waals surface area contributed by atoms with Crippen LogP contribution in [-0.4, -0.2) is 41.6 Å². The largest absolute Gasteiger partial charge is 0.573 e. The average Bonchev–Trinajstić information content (AvgIpc) is 3.61. The molecule has 2 fully saturated rings. The first-order valence-corrected chi connectivity index (χ1v) is 11.2. The number of ether oxygens (including phenoxy) is 2. The summed E-state index contributed by atoms with van der Waals surface area (Å²) in [7, 11) is 0. The quantitative estimate of drug-likeness (QED) is 0.591. The molecule has 0 spiro atoms. The van der Waals surface area contributed by atoms with Gasteiger partial charge in [-0.3, -0.25) is 4.79 Å². The molecule has 1 aromatic heterocycles. The van der Waals surface area contributed by atoms with Gasteiger partial charge >= 0.3 is 6.36 Å². The number of alkyl halides is 3. The maximum Gasteiger partial charge on any atom is 0.573 e. The Kier molecular flexibility index (Phi) is 7.07. The van der Waals surface area contributed by atoms with Gasteiger partial charge in [-0.1, -0.05) is 25.0 Å². The summed E-state index contributed by atoms with van der Waals surface area (Å²) in [4.78, 5) is 17.1. The summed E-state index contributed by atoms with van der Waals surface area (Å²) in [5.74, 6) is 0.169. The Bertz CT molecular complexity index is 961. The zero-order valence-corrected chi connectivity index (χ0v) is 18.1. The number of aromatic nitrogens is 1. The number of aliphatic hydroxyl groups excluding tert-OH is 1. The SMILES string of the molecule is O=C(NCC1CCCCC1O)c1cnc(OCC2CC2)c(-c2ccc(OC(F)(F)F)cc2)c1.